The van der Waals surface area contributed by atoms with Crippen molar-refractivity contribution in [2.75, 3.05) is 54.0 Å². The first-order chi connectivity index (χ1) is 15.9. The minimum Gasteiger partial charge on any atom is -0.497 e. The van der Waals surface area contributed by atoms with Gasteiger partial charge in [0.25, 0.3) is 5.91 Å². The molecule has 2 aromatic carbocycles. The van der Waals surface area contributed by atoms with Gasteiger partial charge in [0.2, 0.25) is 11.7 Å². The smallest absolute Gasteiger partial charge is 0.254 e. The summed E-state index contributed by atoms with van der Waals surface area (Å²) in [5.74, 6) is 1.97. The first-order valence-corrected chi connectivity index (χ1v) is 10.6. The number of methoxy groups -OCH3 is 5. The van der Waals surface area contributed by atoms with E-state index in [-0.39, 0.29) is 17.7 Å². The van der Waals surface area contributed by atoms with Crippen molar-refractivity contribution in [1.29, 1.82) is 0 Å². The largest absolute Gasteiger partial charge is 0.497 e. The second-order valence-electron chi connectivity index (χ2n) is 7.54. The van der Waals surface area contributed by atoms with Crippen LogP contribution in [0.25, 0.3) is 0 Å². The zero-order chi connectivity index (χ0) is 24.0. The number of likely N-dealkylation sites (tertiary alicyclic amines) is 1. The van der Waals surface area contributed by atoms with Crippen molar-refractivity contribution in [3.8, 4) is 28.7 Å². The van der Waals surface area contributed by atoms with Gasteiger partial charge in [-0.2, -0.15) is 0 Å². The molecule has 0 bridgehead atoms. The molecule has 0 aromatic heterocycles. The lowest BCUT2D eigenvalue weighted by Crippen LogP contribution is -2.41. The molecule has 1 fully saturated rings. The minimum atomic E-state index is -0.218. The molecule has 0 radical (unpaired) electrons. The molecular weight excluding hydrogens is 428 g/mol. The molecule has 1 heterocycles. The lowest BCUT2D eigenvalue weighted by Gasteiger charge is -2.31. The van der Waals surface area contributed by atoms with Gasteiger partial charge in [-0.15, -0.1) is 0 Å². The average molecular weight is 459 g/mol. The van der Waals surface area contributed by atoms with Crippen LogP contribution in [-0.4, -0.2) is 65.4 Å². The van der Waals surface area contributed by atoms with Crippen LogP contribution in [0.15, 0.2) is 30.3 Å². The van der Waals surface area contributed by atoms with Gasteiger partial charge in [0, 0.05) is 30.6 Å². The first-order valence-electron chi connectivity index (χ1n) is 10.6. The molecule has 3 rings (SSSR count). The summed E-state index contributed by atoms with van der Waals surface area (Å²) >= 11 is 0. The van der Waals surface area contributed by atoms with E-state index in [1.165, 1.54) is 21.3 Å². The molecule has 33 heavy (non-hydrogen) atoms. The molecule has 2 aromatic rings. The third-order valence-electron chi connectivity index (χ3n) is 5.73. The maximum Gasteiger partial charge on any atom is 0.254 e. The fourth-order valence-electron chi connectivity index (χ4n) is 3.88. The van der Waals surface area contributed by atoms with E-state index in [2.05, 4.69) is 5.32 Å². The number of nitrogens with zero attached hydrogens (tertiary/aromatic N) is 1. The quantitative estimate of drug-likeness (QED) is 0.649. The van der Waals surface area contributed by atoms with Crippen LogP contribution < -0.4 is 29.0 Å². The second-order valence-corrected chi connectivity index (χ2v) is 7.54. The molecule has 0 spiro atoms. The number of carbonyl (C=O) groups is 2. The van der Waals surface area contributed by atoms with E-state index in [0.29, 0.717) is 65.9 Å². The summed E-state index contributed by atoms with van der Waals surface area (Å²) in [6.07, 6.45) is 1.10. The van der Waals surface area contributed by atoms with Gasteiger partial charge in [0.1, 0.15) is 11.5 Å². The van der Waals surface area contributed by atoms with Gasteiger partial charge >= 0.3 is 0 Å². The summed E-state index contributed by atoms with van der Waals surface area (Å²) in [7, 11) is 7.64. The summed E-state index contributed by atoms with van der Waals surface area (Å²) in [4.78, 5) is 27.7. The van der Waals surface area contributed by atoms with Gasteiger partial charge in [-0.05, 0) is 37.1 Å². The number of nitrogens with one attached hydrogen (secondary N) is 1. The van der Waals surface area contributed by atoms with Crippen LogP contribution in [0.2, 0.25) is 0 Å². The van der Waals surface area contributed by atoms with Gasteiger partial charge in [0.15, 0.2) is 11.5 Å². The van der Waals surface area contributed by atoms with E-state index in [9.17, 15) is 9.59 Å². The SMILES string of the molecule is COc1ccc(OC)c(NC(=O)C2CCN(C(=O)c3cc(OC)c(OC)c(OC)c3)CC2)c1. The normalized spacial score (nSPS) is 13.8. The van der Waals surface area contributed by atoms with E-state index >= 15 is 0 Å². The van der Waals surface area contributed by atoms with Crippen LogP contribution >= 0.6 is 0 Å². The number of amides is 2. The van der Waals surface area contributed by atoms with Gasteiger partial charge in [-0.1, -0.05) is 0 Å². The van der Waals surface area contributed by atoms with Crippen LogP contribution in [0.5, 0.6) is 28.7 Å². The molecule has 1 saturated heterocycles. The zero-order valence-electron chi connectivity index (χ0n) is 19.6. The van der Waals surface area contributed by atoms with Crippen LogP contribution in [0.1, 0.15) is 23.2 Å². The standard InChI is InChI=1S/C24H30N2O7/c1-29-17-6-7-19(30-2)18(14-17)25-23(27)15-8-10-26(11-9-15)24(28)16-12-20(31-3)22(33-5)21(13-16)32-4/h6-7,12-15H,8-11H2,1-5H3,(H,25,27). The molecular formula is C24H30N2O7. The van der Waals surface area contributed by atoms with Crippen molar-refractivity contribution in [2.45, 2.75) is 12.8 Å². The van der Waals surface area contributed by atoms with Crippen molar-refractivity contribution < 1.29 is 33.3 Å². The van der Waals surface area contributed by atoms with Crippen molar-refractivity contribution in [3.63, 3.8) is 0 Å². The zero-order valence-corrected chi connectivity index (χ0v) is 19.6. The van der Waals surface area contributed by atoms with Gasteiger partial charge in [-0.3, -0.25) is 9.59 Å². The number of ether oxygens (including phenoxy) is 5. The third-order valence-corrected chi connectivity index (χ3v) is 5.73. The number of carbonyl (C=O) groups excluding carboxylic acids is 2. The van der Waals surface area contributed by atoms with E-state index in [0.717, 1.165) is 0 Å². The lowest BCUT2D eigenvalue weighted by molar-refractivity contribution is -0.121. The van der Waals surface area contributed by atoms with Crippen molar-refractivity contribution in [2.24, 2.45) is 5.92 Å². The van der Waals surface area contributed by atoms with Crippen molar-refractivity contribution in [3.05, 3.63) is 35.9 Å². The highest BCUT2D eigenvalue weighted by atomic mass is 16.5. The van der Waals surface area contributed by atoms with Crippen LogP contribution in [-0.2, 0) is 4.79 Å². The first kappa shape index (κ1) is 24.0. The average Bonchev–Trinajstić information content (AvgIpc) is 2.87. The highest BCUT2D eigenvalue weighted by Gasteiger charge is 2.29. The number of anilines is 1. The Morgan fingerprint density at radius 3 is 1.94 bits per heavy atom. The Hall–Kier alpha value is -3.62. The molecule has 9 heteroatoms. The number of rotatable bonds is 8. The van der Waals surface area contributed by atoms with E-state index in [1.54, 1.807) is 49.5 Å². The monoisotopic (exact) mass is 458 g/mol. The fraction of sp³-hybridized carbons (Fsp3) is 0.417. The maximum atomic E-state index is 13.1. The Labute approximate surface area is 193 Å². The molecule has 9 nitrogen and oxygen atoms in total. The van der Waals surface area contributed by atoms with Crippen LogP contribution in [0.3, 0.4) is 0 Å². The molecule has 2 amide bonds. The molecule has 0 atom stereocenters. The summed E-state index contributed by atoms with van der Waals surface area (Å²) in [5, 5.41) is 2.93. The summed E-state index contributed by atoms with van der Waals surface area (Å²) in [6.45, 7) is 0.922. The lowest BCUT2D eigenvalue weighted by atomic mass is 9.95. The Bertz CT molecular complexity index is 975. The molecule has 1 aliphatic heterocycles. The minimum absolute atomic E-state index is 0.110. The number of piperidine rings is 1. The van der Waals surface area contributed by atoms with E-state index < -0.39 is 0 Å². The van der Waals surface area contributed by atoms with Crippen LogP contribution in [0, 0.1) is 5.92 Å². The molecule has 1 aliphatic rings. The summed E-state index contributed by atoms with van der Waals surface area (Å²) in [5.41, 5.74) is 0.992. The Balaban J connectivity index is 1.66. The molecule has 178 valence electrons. The fourth-order valence-corrected chi connectivity index (χ4v) is 3.88. The third kappa shape index (κ3) is 5.24. The van der Waals surface area contributed by atoms with Crippen LogP contribution in [0.4, 0.5) is 5.69 Å². The molecule has 0 aliphatic carbocycles. The number of hydrogen-bond acceptors (Lipinski definition) is 7. The summed E-state index contributed by atoms with van der Waals surface area (Å²) in [6, 6.07) is 8.50. The van der Waals surface area contributed by atoms with E-state index in [1.807, 2.05) is 0 Å². The Morgan fingerprint density at radius 2 is 1.42 bits per heavy atom. The van der Waals surface area contributed by atoms with E-state index in [4.69, 9.17) is 23.7 Å². The number of hydrogen-bond donors (Lipinski definition) is 1. The Kier molecular flexibility index (Phi) is 7.87. The predicted octanol–water partition coefficient (Wildman–Crippen LogP) is 3.22. The predicted molar refractivity (Wildman–Crippen MR) is 123 cm³/mol. The van der Waals surface area contributed by atoms with Gasteiger partial charge < -0.3 is 33.9 Å². The van der Waals surface area contributed by atoms with Gasteiger partial charge in [-0.25, -0.2) is 0 Å². The van der Waals surface area contributed by atoms with Crippen molar-refractivity contribution in [1.82, 2.24) is 4.90 Å². The molecule has 1 N–H and O–H groups in total. The highest BCUT2D eigenvalue weighted by Crippen LogP contribution is 2.38. The summed E-state index contributed by atoms with van der Waals surface area (Å²) < 4.78 is 26.6. The topological polar surface area (TPSA) is 95.6 Å². The number of benzene rings is 2. The molecule has 0 unspecified atom stereocenters. The maximum absolute atomic E-state index is 13.1. The Morgan fingerprint density at radius 1 is 0.818 bits per heavy atom. The highest BCUT2D eigenvalue weighted by molar-refractivity contribution is 5.97. The van der Waals surface area contributed by atoms with Crippen molar-refractivity contribution >= 4 is 17.5 Å². The second kappa shape index (κ2) is 10.8. The van der Waals surface area contributed by atoms with Gasteiger partial charge in [0.05, 0.1) is 41.2 Å². The molecule has 0 saturated carbocycles.